The van der Waals surface area contributed by atoms with Crippen molar-refractivity contribution in [3.8, 4) is 22.8 Å². The molecule has 4 heterocycles. The van der Waals surface area contributed by atoms with Crippen molar-refractivity contribution in [1.29, 1.82) is 0 Å². The van der Waals surface area contributed by atoms with Gasteiger partial charge in [0, 0.05) is 37.1 Å². The molecule has 0 aliphatic carbocycles. The summed E-state index contributed by atoms with van der Waals surface area (Å²) in [6.07, 6.45) is 5.66. The molecule has 2 aliphatic rings. The Kier molecular flexibility index (Phi) is 3.27. The number of nitrogens with zero attached hydrogens (tertiary/aromatic N) is 4. The van der Waals surface area contributed by atoms with E-state index in [0.717, 1.165) is 60.0 Å². The van der Waals surface area contributed by atoms with Gasteiger partial charge in [-0.3, -0.25) is 0 Å². The van der Waals surface area contributed by atoms with Crippen LogP contribution in [0.5, 0.6) is 11.5 Å². The molecule has 1 aromatic carbocycles. The zero-order valence-electron chi connectivity index (χ0n) is 13.8. The summed E-state index contributed by atoms with van der Waals surface area (Å²) in [6, 6.07) is 8.27. The first-order chi connectivity index (χ1) is 12.3. The molecule has 25 heavy (non-hydrogen) atoms. The predicted octanol–water partition coefficient (Wildman–Crippen LogP) is 2.05. The third kappa shape index (κ3) is 2.47. The molecule has 0 atom stereocenters. The molecule has 0 saturated carbocycles. The van der Waals surface area contributed by atoms with Crippen molar-refractivity contribution in [1.82, 2.24) is 14.6 Å². The molecule has 0 radical (unpaired) electrons. The monoisotopic (exact) mass is 337 g/mol. The van der Waals surface area contributed by atoms with Crippen LogP contribution in [0.3, 0.4) is 0 Å². The van der Waals surface area contributed by atoms with Gasteiger partial charge in [0.25, 0.3) is 0 Å². The fraction of sp³-hybridized carbons (Fsp3) is 0.333. The van der Waals surface area contributed by atoms with Crippen LogP contribution in [-0.2, 0) is 0 Å². The average Bonchev–Trinajstić information content (AvgIpc) is 3.28. The summed E-state index contributed by atoms with van der Waals surface area (Å²) in [7, 11) is 0. The molecule has 1 fully saturated rings. The van der Waals surface area contributed by atoms with Crippen molar-refractivity contribution in [2.24, 2.45) is 5.73 Å². The van der Waals surface area contributed by atoms with Crippen molar-refractivity contribution >= 4 is 11.3 Å². The van der Waals surface area contributed by atoms with Crippen LogP contribution in [0.25, 0.3) is 16.8 Å². The van der Waals surface area contributed by atoms with Crippen LogP contribution in [0.15, 0.2) is 36.7 Å². The number of piperidine rings is 1. The number of anilines is 1. The smallest absolute Gasteiger partial charge is 0.231 e. The molecule has 5 rings (SSSR count). The highest BCUT2D eigenvalue weighted by molar-refractivity contribution is 5.76. The number of fused-ring (bicyclic) bond motifs is 2. The Morgan fingerprint density at radius 2 is 1.92 bits per heavy atom. The highest BCUT2D eigenvalue weighted by Gasteiger charge is 2.21. The van der Waals surface area contributed by atoms with E-state index in [2.05, 4.69) is 16.0 Å². The van der Waals surface area contributed by atoms with Crippen molar-refractivity contribution < 1.29 is 9.47 Å². The van der Waals surface area contributed by atoms with E-state index in [1.165, 1.54) is 0 Å². The Morgan fingerprint density at radius 3 is 2.80 bits per heavy atom. The van der Waals surface area contributed by atoms with E-state index in [9.17, 15) is 0 Å². The van der Waals surface area contributed by atoms with Gasteiger partial charge < -0.3 is 20.1 Å². The quantitative estimate of drug-likeness (QED) is 0.771. The summed E-state index contributed by atoms with van der Waals surface area (Å²) >= 11 is 0. The summed E-state index contributed by atoms with van der Waals surface area (Å²) in [5.41, 5.74) is 8.92. The second kappa shape index (κ2) is 5.63. The standard InChI is InChI=1S/C18H19N5O2/c19-13-3-6-22(7-4-13)18-15-10-14(21-23(15)8-5-20-18)12-1-2-16-17(9-12)25-11-24-16/h1-2,5,8-10,13H,3-4,6-7,11,19H2. The predicted molar refractivity (Wildman–Crippen MR) is 94.0 cm³/mol. The number of hydrogen-bond donors (Lipinski definition) is 1. The van der Waals surface area contributed by atoms with Gasteiger partial charge in [0.1, 0.15) is 5.52 Å². The third-order valence-corrected chi connectivity index (χ3v) is 4.88. The van der Waals surface area contributed by atoms with E-state index >= 15 is 0 Å². The van der Waals surface area contributed by atoms with E-state index in [0.29, 0.717) is 6.04 Å². The second-order valence-electron chi connectivity index (χ2n) is 6.50. The fourth-order valence-electron chi connectivity index (χ4n) is 3.46. The minimum atomic E-state index is 0.273. The molecule has 0 bridgehead atoms. The maximum Gasteiger partial charge on any atom is 0.231 e. The Balaban J connectivity index is 1.54. The van der Waals surface area contributed by atoms with Crippen LogP contribution < -0.4 is 20.1 Å². The lowest BCUT2D eigenvalue weighted by Gasteiger charge is -2.31. The Hall–Kier alpha value is -2.80. The average molecular weight is 337 g/mol. The lowest BCUT2D eigenvalue weighted by molar-refractivity contribution is 0.174. The lowest BCUT2D eigenvalue weighted by Crippen LogP contribution is -2.40. The van der Waals surface area contributed by atoms with E-state index in [4.69, 9.17) is 20.3 Å². The van der Waals surface area contributed by atoms with Gasteiger partial charge in [0.2, 0.25) is 6.79 Å². The van der Waals surface area contributed by atoms with Crippen LogP contribution in [0, 0.1) is 0 Å². The van der Waals surface area contributed by atoms with Gasteiger partial charge in [-0.15, -0.1) is 0 Å². The van der Waals surface area contributed by atoms with Crippen molar-refractivity contribution in [3.63, 3.8) is 0 Å². The highest BCUT2D eigenvalue weighted by Crippen LogP contribution is 2.36. The van der Waals surface area contributed by atoms with Gasteiger partial charge in [0.15, 0.2) is 17.3 Å². The third-order valence-electron chi connectivity index (χ3n) is 4.88. The number of hydrogen-bond acceptors (Lipinski definition) is 6. The molecule has 3 aromatic rings. The van der Waals surface area contributed by atoms with Crippen molar-refractivity contribution in [3.05, 3.63) is 36.7 Å². The summed E-state index contributed by atoms with van der Waals surface area (Å²) < 4.78 is 12.7. The molecule has 2 aromatic heterocycles. The van der Waals surface area contributed by atoms with E-state index < -0.39 is 0 Å². The first kappa shape index (κ1) is 14.5. The highest BCUT2D eigenvalue weighted by atomic mass is 16.7. The van der Waals surface area contributed by atoms with Crippen molar-refractivity contribution in [2.75, 3.05) is 24.8 Å². The molecule has 7 heteroatoms. The molecule has 0 unspecified atom stereocenters. The first-order valence-corrected chi connectivity index (χ1v) is 8.53. The molecule has 0 spiro atoms. The molecule has 7 nitrogen and oxygen atoms in total. The van der Waals surface area contributed by atoms with Gasteiger partial charge in [-0.1, -0.05) is 0 Å². The number of benzene rings is 1. The Bertz CT molecular complexity index is 930. The second-order valence-corrected chi connectivity index (χ2v) is 6.50. The maximum atomic E-state index is 6.03. The first-order valence-electron chi connectivity index (χ1n) is 8.53. The molecular weight excluding hydrogens is 318 g/mol. The summed E-state index contributed by atoms with van der Waals surface area (Å²) in [4.78, 5) is 6.90. The molecular formula is C18H19N5O2. The minimum Gasteiger partial charge on any atom is -0.454 e. The molecule has 1 saturated heterocycles. The van der Waals surface area contributed by atoms with Gasteiger partial charge in [-0.05, 0) is 37.1 Å². The van der Waals surface area contributed by atoms with E-state index in [-0.39, 0.29) is 6.79 Å². The molecule has 0 amide bonds. The largest absolute Gasteiger partial charge is 0.454 e. The van der Waals surface area contributed by atoms with Gasteiger partial charge in [-0.2, -0.15) is 5.10 Å². The molecule has 128 valence electrons. The molecule has 2 aliphatic heterocycles. The zero-order chi connectivity index (χ0) is 16.8. The number of rotatable bonds is 2. The topological polar surface area (TPSA) is 77.9 Å². The van der Waals surface area contributed by atoms with Crippen LogP contribution >= 0.6 is 0 Å². The SMILES string of the molecule is NC1CCN(c2nccn3nc(-c4ccc5c(c4)OCO5)cc23)CC1. The summed E-state index contributed by atoms with van der Waals surface area (Å²) in [5.74, 6) is 2.51. The number of aromatic nitrogens is 3. The fourth-order valence-corrected chi connectivity index (χ4v) is 3.46. The number of ether oxygens (including phenoxy) is 2. The van der Waals surface area contributed by atoms with Gasteiger partial charge >= 0.3 is 0 Å². The van der Waals surface area contributed by atoms with Crippen LogP contribution in [0.4, 0.5) is 5.82 Å². The summed E-state index contributed by atoms with van der Waals surface area (Å²) in [5, 5.41) is 4.71. The Labute approximate surface area is 145 Å². The zero-order valence-corrected chi connectivity index (χ0v) is 13.8. The van der Waals surface area contributed by atoms with Crippen molar-refractivity contribution in [2.45, 2.75) is 18.9 Å². The van der Waals surface area contributed by atoms with Gasteiger partial charge in [0.05, 0.1) is 5.69 Å². The lowest BCUT2D eigenvalue weighted by atomic mass is 10.1. The summed E-state index contributed by atoms with van der Waals surface area (Å²) in [6.45, 7) is 2.13. The minimum absolute atomic E-state index is 0.273. The number of nitrogens with two attached hydrogens (primary N) is 1. The normalized spacial score (nSPS) is 17.4. The maximum absolute atomic E-state index is 6.03. The van der Waals surface area contributed by atoms with Crippen LogP contribution in [-0.4, -0.2) is 40.5 Å². The van der Waals surface area contributed by atoms with Crippen LogP contribution in [0.1, 0.15) is 12.8 Å². The Morgan fingerprint density at radius 1 is 1.08 bits per heavy atom. The van der Waals surface area contributed by atoms with Gasteiger partial charge in [-0.25, -0.2) is 9.50 Å². The molecule has 2 N–H and O–H groups in total. The van der Waals surface area contributed by atoms with Crippen LogP contribution in [0.2, 0.25) is 0 Å². The van der Waals surface area contributed by atoms with E-state index in [1.807, 2.05) is 28.9 Å². The van der Waals surface area contributed by atoms with E-state index in [1.54, 1.807) is 6.20 Å².